The minimum absolute atomic E-state index is 0. The number of carbonyl (C=O) groups is 1. The van der Waals surface area contributed by atoms with Gasteiger partial charge in [-0.2, -0.15) is 0 Å². The van der Waals surface area contributed by atoms with Crippen molar-refractivity contribution in [1.29, 1.82) is 0 Å². The zero-order valence-electron chi connectivity index (χ0n) is 9.39. The summed E-state index contributed by atoms with van der Waals surface area (Å²) in [6, 6.07) is 3.45. The SMILES string of the molecule is Cl.Cl.O=C(NCC1CCNC1)c1ccncc1. The van der Waals surface area contributed by atoms with Crippen LogP contribution in [-0.2, 0) is 0 Å². The molecule has 2 rings (SSSR count). The van der Waals surface area contributed by atoms with E-state index in [2.05, 4.69) is 15.6 Å². The smallest absolute Gasteiger partial charge is 0.251 e. The van der Waals surface area contributed by atoms with Crippen LogP contribution in [0.1, 0.15) is 16.8 Å². The van der Waals surface area contributed by atoms with Crippen LogP contribution < -0.4 is 10.6 Å². The second-order valence-electron chi connectivity index (χ2n) is 3.80. The van der Waals surface area contributed by atoms with Crippen molar-refractivity contribution in [2.24, 2.45) is 5.92 Å². The van der Waals surface area contributed by atoms with E-state index in [0.717, 1.165) is 26.1 Å². The number of carbonyl (C=O) groups excluding carboxylic acids is 1. The van der Waals surface area contributed by atoms with Crippen molar-refractivity contribution in [3.8, 4) is 0 Å². The second kappa shape index (κ2) is 8.28. The van der Waals surface area contributed by atoms with E-state index < -0.39 is 0 Å². The highest BCUT2D eigenvalue weighted by atomic mass is 35.5. The summed E-state index contributed by atoms with van der Waals surface area (Å²) < 4.78 is 0. The van der Waals surface area contributed by atoms with Gasteiger partial charge in [-0.1, -0.05) is 0 Å². The van der Waals surface area contributed by atoms with Crippen LogP contribution in [0.5, 0.6) is 0 Å². The first-order valence-electron chi connectivity index (χ1n) is 5.25. The van der Waals surface area contributed by atoms with Gasteiger partial charge in [0.1, 0.15) is 0 Å². The first-order chi connectivity index (χ1) is 7.36. The van der Waals surface area contributed by atoms with Crippen LogP contribution in [0.3, 0.4) is 0 Å². The highest BCUT2D eigenvalue weighted by Gasteiger charge is 2.15. The number of rotatable bonds is 3. The minimum Gasteiger partial charge on any atom is -0.352 e. The van der Waals surface area contributed by atoms with Crippen molar-refractivity contribution in [2.45, 2.75) is 6.42 Å². The zero-order chi connectivity index (χ0) is 10.5. The molecule has 96 valence electrons. The van der Waals surface area contributed by atoms with Gasteiger partial charge in [0.05, 0.1) is 0 Å². The number of hydrogen-bond acceptors (Lipinski definition) is 3. The summed E-state index contributed by atoms with van der Waals surface area (Å²) in [5, 5.41) is 6.21. The van der Waals surface area contributed by atoms with Crippen molar-refractivity contribution in [3.05, 3.63) is 30.1 Å². The largest absolute Gasteiger partial charge is 0.352 e. The molecule has 4 nitrogen and oxygen atoms in total. The molecule has 1 atom stereocenters. The second-order valence-corrected chi connectivity index (χ2v) is 3.80. The third-order valence-corrected chi connectivity index (χ3v) is 2.66. The molecule has 17 heavy (non-hydrogen) atoms. The van der Waals surface area contributed by atoms with E-state index in [1.807, 2.05) is 0 Å². The molecule has 1 amide bonds. The van der Waals surface area contributed by atoms with E-state index in [9.17, 15) is 4.79 Å². The molecule has 1 aliphatic rings. The summed E-state index contributed by atoms with van der Waals surface area (Å²) in [7, 11) is 0. The Morgan fingerprint density at radius 3 is 2.71 bits per heavy atom. The average molecular weight is 278 g/mol. The molecule has 0 aliphatic carbocycles. The molecule has 2 heterocycles. The van der Waals surface area contributed by atoms with Gasteiger partial charge in [0.15, 0.2) is 0 Å². The van der Waals surface area contributed by atoms with Crippen molar-refractivity contribution in [1.82, 2.24) is 15.6 Å². The van der Waals surface area contributed by atoms with Gasteiger partial charge in [0.2, 0.25) is 0 Å². The van der Waals surface area contributed by atoms with Gasteiger partial charge in [0, 0.05) is 24.5 Å². The predicted molar refractivity (Wildman–Crippen MR) is 72.0 cm³/mol. The third kappa shape index (κ3) is 4.89. The van der Waals surface area contributed by atoms with Gasteiger partial charge >= 0.3 is 0 Å². The number of hydrogen-bond donors (Lipinski definition) is 2. The van der Waals surface area contributed by atoms with Crippen LogP contribution in [0.2, 0.25) is 0 Å². The van der Waals surface area contributed by atoms with E-state index in [1.54, 1.807) is 24.5 Å². The number of pyridine rings is 1. The molecule has 1 aromatic rings. The summed E-state index contributed by atoms with van der Waals surface area (Å²) in [5.74, 6) is 0.570. The van der Waals surface area contributed by atoms with Gasteiger partial charge in [-0.25, -0.2) is 0 Å². The third-order valence-electron chi connectivity index (χ3n) is 2.66. The number of halogens is 2. The van der Waals surface area contributed by atoms with Crippen LogP contribution >= 0.6 is 24.8 Å². The summed E-state index contributed by atoms with van der Waals surface area (Å²) >= 11 is 0. The van der Waals surface area contributed by atoms with Gasteiger partial charge < -0.3 is 10.6 Å². The van der Waals surface area contributed by atoms with Crippen LogP contribution in [0, 0.1) is 5.92 Å². The van der Waals surface area contributed by atoms with E-state index in [0.29, 0.717) is 11.5 Å². The molecule has 1 fully saturated rings. The highest BCUT2D eigenvalue weighted by Crippen LogP contribution is 2.05. The maximum absolute atomic E-state index is 11.6. The molecule has 1 saturated heterocycles. The van der Waals surface area contributed by atoms with Crippen molar-refractivity contribution < 1.29 is 4.79 Å². The molecule has 0 spiro atoms. The quantitative estimate of drug-likeness (QED) is 0.875. The Morgan fingerprint density at radius 2 is 2.12 bits per heavy atom. The predicted octanol–water partition coefficient (Wildman–Crippen LogP) is 1.26. The molecule has 0 radical (unpaired) electrons. The first kappa shape index (κ1) is 16.2. The molecule has 6 heteroatoms. The molecule has 0 saturated carbocycles. The fraction of sp³-hybridized carbons (Fsp3) is 0.455. The lowest BCUT2D eigenvalue weighted by Gasteiger charge is -2.09. The standard InChI is InChI=1S/C11H15N3O.2ClH/c15-11(10-2-5-12-6-3-10)14-8-9-1-4-13-7-9;;/h2-3,5-6,9,13H,1,4,7-8H2,(H,14,15);2*1H. The number of aromatic nitrogens is 1. The lowest BCUT2D eigenvalue weighted by molar-refractivity contribution is 0.0948. The van der Waals surface area contributed by atoms with Crippen LogP contribution in [-0.4, -0.2) is 30.5 Å². The van der Waals surface area contributed by atoms with E-state index >= 15 is 0 Å². The van der Waals surface area contributed by atoms with E-state index in [-0.39, 0.29) is 30.7 Å². The molecular formula is C11H17Cl2N3O. The van der Waals surface area contributed by atoms with Crippen molar-refractivity contribution in [2.75, 3.05) is 19.6 Å². The van der Waals surface area contributed by atoms with E-state index in [4.69, 9.17) is 0 Å². The van der Waals surface area contributed by atoms with Crippen LogP contribution in [0.25, 0.3) is 0 Å². The highest BCUT2D eigenvalue weighted by molar-refractivity contribution is 5.93. The molecule has 1 unspecified atom stereocenters. The lowest BCUT2D eigenvalue weighted by atomic mass is 10.1. The Hall–Kier alpha value is -0.840. The Bertz CT molecular complexity index is 329. The normalized spacial score (nSPS) is 17.8. The topological polar surface area (TPSA) is 54.0 Å². The van der Waals surface area contributed by atoms with Gasteiger partial charge in [-0.15, -0.1) is 24.8 Å². The summed E-state index contributed by atoms with van der Waals surface area (Å²) in [6.45, 7) is 2.83. The number of nitrogens with zero attached hydrogens (tertiary/aromatic N) is 1. The monoisotopic (exact) mass is 277 g/mol. The first-order valence-corrected chi connectivity index (χ1v) is 5.25. The summed E-state index contributed by atoms with van der Waals surface area (Å²) in [6.07, 6.45) is 4.41. The van der Waals surface area contributed by atoms with Gasteiger partial charge in [-0.05, 0) is 37.6 Å². The lowest BCUT2D eigenvalue weighted by Crippen LogP contribution is -2.30. The molecule has 1 aliphatic heterocycles. The minimum atomic E-state index is -0.00991. The summed E-state index contributed by atoms with van der Waals surface area (Å²) in [5.41, 5.74) is 0.677. The van der Waals surface area contributed by atoms with Crippen LogP contribution in [0.4, 0.5) is 0 Å². The fourth-order valence-electron chi connectivity index (χ4n) is 1.73. The van der Waals surface area contributed by atoms with Gasteiger partial charge in [0.25, 0.3) is 5.91 Å². The van der Waals surface area contributed by atoms with Gasteiger partial charge in [-0.3, -0.25) is 9.78 Å². The maximum Gasteiger partial charge on any atom is 0.251 e. The zero-order valence-corrected chi connectivity index (χ0v) is 11.0. The molecule has 0 aromatic carbocycles. The number of amides is 1. The van der Waals surface area contributed by atoms with Crippen LogP contribution in [0.15, 0.2) is 24.5 Å². The summed E-state index contributed by atoms with van der Waals surface area (Å²) in [4.78, 5) is 15.5. The molecule has 1 aromatic heterocycles. The average Bonchev–Trinajstić information content (AvgIpc) is 2.80. The fourth-order valence-corrected chi connectivity index (χ4v) is 1.73. The Labute approximate surface area is 113 Å². The van der Waals surface area contributed by atoms with Crippen molar-refractivity contribution in [3.63, 3.8) is 0 Å². The Morgan fingerprint density at radius 1 is 1.41 bits per heavy atom. The number of nitrogens with one attached hydrogen (secondary N) is 2. The maximum atomic E-state index is 11.6. The molecule has 2 N–H and O–H groups in total. The Kier molecular flexibility index (Phi) is 7.87. The van der Waals surface area contributed by atoms with Crippen molar-refractivity contribution >= 4 is 30.7 Å². The molecule has 0 bridgehead atoms. The Balaban J connectivity index is 0.00000128. The van der Waals surface area contributed by atoms with E-state index in [1.165, 1.54) is 0 Å². The molecular weight excluding hydrogens is 261 g/mol.